The number of nitrogens with zero attached hydrogens (tertiary/aromatic N) is 1. The molecule has 0 aliphatic heterocycles. The van der Waals surface area contributed by atoms with Crippen LogP contribution < -0.4 is 0 Å². The van der Waals surface area contributed by atoms with Crippen LogP contribution in [0.3, 0.4) is 0 Å². The number of rotatable bonds is 1. The quantitative estimate of drug-likeness (QED) is 0.687. The van der Waals surface area contributed by atoms with Gasteiger partial charge in [0.2, 0.25) is 0 Å². The van der Waals surface area contributed by atoms with E-state index in [1.165, 1.54) is 6.20 Å². The maximum Gasteiger partial charge on any atom is 0.0704 e. The fourth-order valence-electron chi connectivity index (χ4n) is 1.37. The van der Waals surface area contributed by atoms with E-state index in [1.807, 2.05) is 13.0 Å². The lowest BCUT2D eigenvalue weighted by atomic mass is 10.1. The third-order valence-corrected chi connectivity index (χ3v) is 2.33. The van der Waals surface area contributed by atoms with Crippen LogP contribution in [0.5, 0.6) is 0 Å². The molecule has 15 heavy (non-hydrogen) atoms. The maximum atomic E-state index is 7.40. The normalized spacial score (nSPS) is 16.3. The minimum Gasteiger partial charge on any atom is -0.256 e. The molecule has 1 aromatic heterocycles. The molecule has 0 fully saturated rings. The molecule has 0 saturated heterocycles. The first kappa shape index (κ1) is 5.45. The summed E-state index contributed by atoms with van der Waals surface area (Å²) in [7, 11) is 0. The number of benzene rings is 1. The third-order valence-electron chi connectivity index (χ3n) is 2.33. The Morgan fingerprint density at radius 1 is 1.13 bits per heavy atom. The highest BCUT2D eigenvalue weighted by Gasteiger charge is 2.00. The first-order chi connectivity index (χ1) is 9.29. The van der Waals surface area contributed by atoms with Gasteiger partial charge in [-0.15, -0.1) is 0 Å². The molecule has 0 N–H and O–H groups in total. The highest BCUT2D eigenvalue weighted by atomic mass is 14.7. The number of pyridine rings is 1. The van der Waals surface area contributed by atoms with E-state index in [1.54, 1.807) is 24.3 Å². The third kappa shape index (κ3) is 2.07. The Morgan fingerprint density at radius 3 is 2.53 bits per heavy atom. The van der Waals surface area contributed by atoms with Gasteiger partial charge in [0.1, 0.15) is 0 Å². The van der Waals surface area contributed by atoms with E-state index in [0.29, 0.717) is 16.8 Å². The summed E-state index contributed by atoms with van der Waals surface area (Å²) in [5.74, 6) is 0. The molecule has 0 spiro atoms. The van der Waals surface area contributed by atoms with Crippen LogP contribution >= 0.6 is 0 Å². The van der Waals surface area contributed by atoms with Crippen LogP contribution in [0.2, 0.25) is 0 Å². The van der Waals surface area contributed by atoms with Crippen molar-refractivity contribution in [2.75, 3.05) is 0 Å². The number of aromatic nitrogens is 1. The summed E-state index contributed by atoms with van der Waals surface area (Å²) in [5.41, 5.74) is 3.24. The Bertz CT molecular complexity index is 602. The van der Waals surface area contributed by atoms with Crippen molar-refractivity contribution in [2.24, 2.45) is 0 Å². The van der Waals surface area contributed by atoms with Crippen LogP contribution in [0.4, 0.5) is 0 Å². The molecule has 0 aliphatic carbocycles. The molecule has 2 aromatic rings. The fourth-order valence-corrected chi connectivity index (χ4v) is 1.37. The van der Waals surface area contributed by atoms with E-state index < -0.39 is 13.7 Å². The molecule has 0 unspecified atom stereocenters. The molecule has 0 aliphatic rings. The SMILES string of the molecule is [2H]C([2H])c1cnc(-c2ccc(C([2H])([2H])[2H])cc2)cc1C. The van der Waals surface area contributed by atoms with Crippen LogP contribution in [0.1, 0.15) is 23.5 Å². The second-order valence-electron chi connectivity index (χ2n) is 3.50. The van der Waals surface area contributed by atoms with Crippen LogP contribution in [0.25, 0.3) is 11.3 Å². The Balaban J connectivity index is 2.35. The highest BCUT2D eigenvalue weighted by Crippen LogP contribution is 2.19. The van der Waals surface area contributed by atoms with E-state index >= 15 is 0 Å². The van der Waals surface area contributed by atoms with Gasteiger partial charge < -0.3 is 0 Å². The van der Waals surface area contributed by atoms with Gasteiger partial charge in [-0.1, -0.05) is 29.8 Å². The van der Waals surface area contributed by atoms with Gasteiger partial charge in [-0.3, -0.25) is 4.98 Å². The van der Waals surface area contributed by atoms with Crippen LogP contribution in [-0.2, 0) is 0 Å². The Kier molecular flexibility index (Phi) is 1.40. The lowest BCUT2D eigenvalue weighted by Crippen LogP contribution is -1.88. The first-order valence-electron chi connectivity index (χ1n) is 7.36. The summed E-state index contributed by atoms with van der Waals surface area (Å²) in [5, 5.41) is 0. The van der Waals surface area contributed by atoms with Gasteiger partial charge in [-0.25, -0.2) is 0 Å². The topological polar surface area (TPSA) is 12.9 Å². The molecule has 2 rings (SSSR count). The van der Waals surface area contributed by atoms with Crippen molar-refractivity contribution in [1.82, 2.24) is 4.98 Å². The predicted octanol–water partition coefficient (Wildman–Crippen LogP) is 3.67. The molecule has 0 radical (unpaired) electrons. The van der Waals surface area contributed by atoms with Crippen molar-refractivity contribution >= 4 is 0 Å². The zero-order valence-electron chi connectivity index (χ0n) is 13.5. The monoisotopic (exact) mass is 202 g/mol. The van der Waals surface area contributed by atoms with Crippen molar-refractivity contribution in [3.63, 3.8) is 0 Å². The van der Waals surface area contributed by atoms with Crippen molar-refractivity contribution < 1.29 is 6.85 Å². The van der Waals surface area contributed by atoms with Crippen LogP contribution in [0, 0.1) is 20.7 Å². The van der Waals surface area contributed by atoms with Gasteiger partial charge in [0.05, 0.1) is 5.69 Å². The molecule has 1 heteroatoms. The van der Waals surface area contributed by atoms with E-state index in [9.17, 15) is 0 Å². The Hall–Kier alpha value is -1.63. The summed E-state index contributed by atoms with van der Waals surface area (Å²) in [6.45, 7) is -1.31. The van der Waals surface area contributed by atoms with E-state index in [0.717, 1.165) is 11.1 Å². The van der Waals surface area contributed by atoms with Crippen LogP contribution in [-0.4, -0.2) is 4.98 Å². The largest absolute Gasteiger partial charge is 0.256 e. The maximum absolute atomic E-state index is 7.40. The summed E-state index contributed by atoms with van der Waals surface area (Å²) in [4.78, 5) is 4.24. The minimum absolute atomic E-state index is 0.298. The van der Waals surface area contributed by atoms with Gasteiger partial charge in [-0.05, 0) is 37.8 Å². The predicted molar refractivity (Wildman–Crippen MR) is 63.9 cm³/mol. The van der Waals surface area contributed by atoms with Gasteiger partial charge in [0.25, 0.3) is 0 Å². The molecule has 76 valence electrons. The zero-order valence-corrected chi connectivity index (χ0v) is 8.49. The van der Waals surface area contributed by atoms with Crippen molar-refractivity contribution in [3.05, 3.63) is 53.2 Å². The summed E-state index contributed by atoms with van der Waals surface area (Å²) >= 11 is 0. The summed E-state index contributed by atoms with van der Waals surface area (Å²) in [6, 6.07) is 8.41. The molecule has 0 bridgehead atoms. The molecule has 0 atom stereocenters. The number of hydrogen-bond acceptors (Lipinski definition) is 1. The molecular weight excluding hydrogens is 182 g/mol. The van der Waals surface area contributed by atoms with Gasteiger partial charge >= 0.3 is 0 Å². The molecule has 1 heterocycles. The Morgan fingerprint density at radius 2 is 1.93 bits per heavy atom. The summed E-state index contributed by atoms with van der Waals surface area (Å²) in [6.07, 6.45) is 1.53. The van der Waals surface area contributed by atoms with Crippen molar-refractivity contribution in [1.29, 1.82) is 0 Å². The Labute approximate surface area is 97.8 Å². The highest BCUT2D eigenvalue weighted by molar-refractivity contribution is 5.60. The summed E-state index contributed by atoms with van der Waals surface area (Å²) < 4.78 is 36.8. The number of hydrogen-bond donors (Lipinski definition) is 0. The van der Waals surface area contributed by atoms with Gasteiger partial charge in [-0.2, -0.15) is 0 Å². The standard InChI is InChI=1S/C14H15N/c1-10-4-6-13(7-5-10)14-8-11(2)12(3)9-15-14/h4-9H,1-3H3/i1D3,3D2. The molecule has 0 amide bonds. The fraction of sp³-hybridized carbons (Fsp3) is 0.214. The molecular formula is C14H15N. The van der Waals surface area contributed by atoms with Crippen LogP contribution in [0.15, 0.2) is 36.5 Å². The lowest BCUT2D eigenvalue weighted by Gasteiger charge is -2.04. The lowest BCUT2D eigenvalue weighted by molar-refractivity contribution is 1.22. The van der Waals surface area contributed by atoms with Gasteiger partial charge in [0, 0.05) is 18.6 Å². The van der Waals surface area contributed by atoms with Crippen molar-refractivity contribution in [2.45, 2.75) is 20.7 Å². The van der Waals surface area contributed by atoms with E-state index in [4.69, 9.17) is 6.85 Å². The zero-order chi connectivity index (χ0) is 14.9. The van der Waals surface area contributed by atoms with Crippen molar-refractivity contribution in [3.8, 4) is 11.3 Å². The molecule has 0 saturated carbocycles. The minimum atomic E-state index is -2.10. The molecule has 1 nitrogen and oxygen atoms in total. The average Bonchev–Trinajstić information content (AvgIpc) is 2.37. The first-order valence-corrected chi connectivity index (χ1v) is 4.71. The second kappa shape index (κ2) is 3.85. The average molecular weight is 202 g/mol. The van der Waals surface area contributed by atoms with E-state index in [2.05, 4.69) is 4.98 Å². The second-order valence-corrected chi connectivity index (χ2v) is 3.50. The number of aryl methyl sites for hydroxylation is 3. The smallest absolute Gasteiger partial charge is 0.0704 e. The van der Waals surface area contributed by atoms with E-state index in [-0.39, 0.29) is 0 Å². The van der Waals surface area contributed by atoms with Gasteiger partial charge in [0.15, 0.2) is 0 Å². The molecule has 1 aromatic carbocycles.